The van der Waals surface area contributed by atoms with Gasteiger partial charge in [0.1, 0.15) is 0 Å². The Morgan fingerprint density at radius 2 is 2.23 bits per heavy atom. The van der Waals surface area contributed by atoms with Crippen LogP contribution in [0, 0.1) is 12.8 Å². The maximum atomic E-state index is 12.1. The van der Waals surface area contributed by atoms with Gasteiger partial charge in [0.15, 0.2) is 0 Å². The molecule has 2 heterocycles. The van der Waals surface area contributed by atoms with Gasteiger partial charge in [-0.1, -0.05) is 17.7 Å². The smallest absolute Gasteiger partial charge is 0.221 e. The van der Waals surface area contributed by atoms with Crippen LogP contribution in [0.1, 0.15) is 18.4 Å². The first-order chi connectivity index (χ1) is 11.6. The molecule has 2 N–H and O–H groups in total. The number of amides is 1. The molecule has 2 aliphatic rings. The molecule has 2 fully saturated rings. The number of anilines is 1. The van der Waals surface area contributed by atoms with Crippen LogP contribution >= 0.6 is 36.4 Å². The lowest BCUT2D eigenvalue weighted by Crippen LogP contribution is -2.44. The molecular weight excluding hydrogens is 397 g/mol. The Kier molecular flexibility index (Phi) is 10.0. The van der Waals surface area contributed by atoms with Crippen LogP contribution in [0.2, 0.25) is 5.02 Å². The molecule has 0 spiro atoms. The zero-order valence-electron chi connectivity index (χ0n) is 15.0. The molecule has 26 heavy (non-hydrogen) atoms. The van der Waals surface area contributed by atoms with E-state index < -0.39 is 0 Å². The van der Waals surface area contributed by atoms with E-state index >= 15 is 0 Å². The number of hydrogen-bond donors (Lipinski definition) is 2. The van der Waals surface area contributed by atoms with Gasteiger partial charge in [-0.3, -0.25) is 4.79 Å². The summed E-state index contributed by atoms with van der Waals surface area (Å²) in [5, 5.41) is 7.17. The Labute approximate surface area is 173 Å². The third-order valence-electron chi connectivity index (χ3n) is 4.82. The molecule has 8 heteroatoms. The molecule has 2 atom stereocenters. The minimum atomic E-state index is 0. The third kappa shape index (κ3) is 6.46. The van der Waals surface area contributed by atoms with Crippen molar-refractivity contribution in [2.24, 2.45) is 5.92 Å². The quantitative estimate of drug-likeness (QED) is 0.763. The topological polar surface area (TPSA) is 53.6 Å². The third-order valence-corrected chi connectivity index (χ3v) is 5.05. The number of aryl methyl sites for hydroxylation is 1. The van der Waals surface area contributed by atoms with Crippen LogP contribution in [-0.2, 0) is 9.53 Å². The summed E-state index contributed by atoms with van der Waals surface area (Å²) < 4.78 is 5.38. The Balaban J connectivity index is 0.00000169. The van der Waals surface area contributed by atoms with Crippen LogP contribution in [-0.4, -0.2) is 51.3 Å². The summed E-state index contributed by atoms with van der Waals surface area (Å²) in [4.78, 5) is 14.5. The first-order valence-corrected chi connectivity index (χ1v) is 9.08. The Hall–Kier alpha value is -0.720. The SMILES string of the molecule is Cc1ccc(Cl)cc1N1CCC(CNC(=O)CC2COCCN2)C1.Cl.Cl. The minimum Gasteiger partial charge on any atom is -0.378 e. The van der Waals surface area contributed by atoms with Gasteiger partial charge < -0.3 is 20.3 Å². The average Bonchev–Trinajstić information content (AvgIpc) is 3.05. The molecule has 2 aliphatic heterocycles. The van der Waals surface area contributed by atoms with E-state index in [2.05, 4.69) is 28.5 Å². The van der Waals surface area contributed by atoms with Crippen LogP contribution in [0.3, 0.4) is 0 Å². The molecule has 5 nitrogen and oxygen atoms in total. The van der Waals surface area contributed by atoms with Crippen molar-refractivity contribution in [2.75, 3.05) is 44.3 Å². The zero-order chi connectivity index (χ0) is 16.9. The van der Waals surface area contributed by atoms with Crippen molar-refractivity contribution >= 4 is 48.0 Å². The minimum absolute atomic E-state index is 0. The number of halogens is 3. The van der Waals surface area contributed by atoms with Crippen LogP contribution < -0.4 is 15.5 Å². The van der Waals surface area contributed by atoms with Crippen LogP contribution in [0.5, 0.6) is 0 Å². The highest BCUT2D eigenvalue weighted by atomic mass is 35.5. The largest absolute Gasteiger partial charge is 0.378 e. The van der Waals surface area contributed by atoms with E-state index in [9.17, 15) is 4.79 Å². The molecule has 148 valence electrons. The van der Waals surface area contributed by atoms with Crippen molar-refractivity contribution in [3.63, 3.8) is 0 Å². The molecule has 1 amide bonds. The van der Waals surface area contributed by atoms with Crippen LogP contribution in [0.4, 0.5) is 5.69 Å². The van der Waals surface area contributed by atoms with Gasteiger partial charge >= 0.3 is 0 Å². The Morgan fingerprint density at radius 1 is 1.42 bits per heavy atom. The number of nitrogens with zero attached hydrogens (tertiary/aromatic N) is 1. The molecule has 0 radical (unpaired) electrons. The molecule has 2 unspecified atom stereocenters. The maximum Gasteiger partial charge on any atom is 0.221 e. The first kappa shape index (κ1) is 23.3. The highest BCUT2D eigenvalue weighted by Gasteiger charge is 2.25. The predicted molar refractivity (Wildman–Crippen MR) is 111 cm³/mol. The number of hydrogen-bond acceptors (Lipinski definition) is 4. The van der Waals surface area contributed by atoms with E-state index in [0.717, 1.165) is 44.2 Å². The second-order valence-corrected chi connectivity index (χ2v) is 7.20. The Morgan fingerprint density at radius 3 is 2.96 bits per heavy atom. The van der Waals surface area contributed by atoms with Crippen molar-refractivity contribution in [3.05, 3.63) is 28.8 Å². The molecule has 1 aromatic carbocycles. The van der Waals surface area contributed by atoms with Gasteiger partial charge in [0, 0.05) is 49.4 Å². The maximum absolute atomic E-state index is 12.1. The number of ether oxygens (including phenoxy) is 1. The molecule has 2 saturated heterocycles. The van der Waals surface area contributed by atoms with Gasteiger partial charge in [0.05, 0.1) is 13.2 Å². The first-order valence-electron chi connectivity index (χ1n) is 8.71. The number of carbonyl (C=O) groups is 1. The summed E-state index contributed by atoms with van der Waals surface area (Å²) in [6, 6.07) is 6.17. The predicted octanol–water partition coefficient (Wildman–Crippen LogP) is 2.81. The summed E-state index contributed by atoms with van der Waals surface area (Å²) in [6.45, 7) is 7.01. The van der Waals surface area contributed by atoms with Gasteiger partial charge in [-0.15, -0.1) is 24.8 Å². The number of carbonyl (C=O) groups excluding carboxylic acids is 1. The fourth-order valence-corrected chi connectivity index (χ4v) is 3.61. The molecule has 0 aliphatic carbocycles. The summed E-state index contributed by atoms with van der Waals surface area (Å²) in [7, 11) is 0. The van der Waals surface area contributed by atoms with Gasteiger partial charge in [0.25, 0.3) is 0 Å². The fraction of sp³-hybridized carbons (Fsp3) is 0.611. The van der Waals surface area contributed by atoms with E-state index in [1.54, 1.807) is 0 Å². The van der Waals surface area contributed by atoms with Gasteiger partial charge in [-0.2, -0.15) is 0 Å². The molecule has 3 rings (SSSR count). The van der Waals surface area contributed by atoms with Crippen molar-refractivity contribution in [3.8, 4) is 0 Å². The van der Waals surface area contributed by atoms with Crippen LogP contribution in [0.15, 0.2) is 18.2 Å². The lowest BCUT2D eigenvalue weighted by Gasteiger charge is -2.23. The van der Waals surface area contributed by atoms with E-state index in [-0.39, 0.29) is 36.8 Å². The normalized spacial score (nSPS) is 22.3. The van der Waals surface area contributed by atoms with Gasteiger partial charge in [-0.05, 0) is 37.0 Å². The Bertz CT molecular complexity index is 583. The monoisotopic (exact) mass is 423 g/mol. The number of morpholine rings is 1. The second-order valence-electron chi connectivity index (χ2n) is 6.77. The van der Waals surface area contributed by atoms with E-state index in [0.29, 0.717) is 18.9 Å². The standard InChI is InChI=1S/C18H26ClN3O2.2ClH/c1-13-2-3-15(19)8-17(13)22-6-4-14(11-22)10-21-18(23)9-16-12-24-7-5-20-16;;/h2-3,8,14,16,20H,4-7,9-12H2,1H3,(H,21,23);2*1H. The summed E-state index contributed by atoms with van der Waals surface area (Å²) in [5.41, 5.74) is 2.45. The molecule has 0 saturated carbocycles. The van der Waals surface area contributed by atoms with Crippen LogP contribution in [0.25, 0.3) is 0 Å². The van der Waals surface area contributed by atoms with Crippen molar-refractivity contribution < 1.29 is 9.53 Å². The van der Waals surface area contributed by atoms with E-state index in [1.807, 2.05) is 12.1 Å². The number of nitrogens with one attached hydrogen (secondary N) is 2. The van der Waals surface area contributed by atoms with Crippen molar-refractivity contribution in [1.82, 2.24) is 10.6 Å². The molecule has 0 aromatic heterocycles. The lowest BCUT2D eigenvalue weighted by molar-refractivity contribution is -0.122. The van der Waals surface area contributed by atoms with E-state index in [4.69, 9.17) is 16.3 Å². The summed E-state index contributed by atoms with van der Waals surface area (Å²) >= 11 is 6.13. The molecule has 0 bridgehead atoms. The summed E-state index contributed by atoms with van der Waals surface area (Å²) in [6.07, 6.45) is 1.58. The molecule has 1 aromatic rings. The van der Waals surface area contributed by atoms with Crippen molar-refractivity contribution in [2.45, 2.75) is 25.8 Å². The summed E-state index contributed by atoms with van der Waals surface area (Å²) in [5.74, 6) is 0.596. The number of benzene rings is 1. The second kappa shape index (κ2) is 11.2. The lowest BCUT2D eigenvalue weighted by atomic mass is 10.1. The van der Waals surface area contributed by atoms with E-state index in [1.165, 1.54) is 11.3 Å². The highest BCUT2D eigenvalue weighted by molar-refractivity contribution is 6.30. The number of rotatable bonds is 5. The zero-order valence-corrected chi connectivity index (χ0v) is 17.4. The fourth-order valence-electron chi connectivity index (χ4n) is 3.45. The van der Waals surface area contributed by atoms with Crippen molar-refractivity contribution in [1.29, 1.82) is 0 Å². The molecular formula is C18H28Cl3N3O2. The average molecular weight is 425 g/mol. The van der Waals surface area contributed by atoms with Gasteiger partial charge in [-0.25, -0.2) is 0 Å². The highest BCUT2D eigenvalue weighted by Crippen LogP contribution is 2.29. The van der Waals surface area contributed by atoms with Gasteiger partial charge in [0.2, 0.25) is 5.91 Å².